The number of guanidine groups is 1. The Morgan fingerprint density at radius 2 is 1.86 bits per heavy atom. The molecule has 0 aliphatic carbocycles. The predicted octanol–water partition coefficient (Wildman–Crippen LogP) is 2.45. The molecule has 0 radical (unpaired) electrons. The van der Waals surface area contributed by atoms with E-state index in [1.54, 1.807) is 0 Å². The lowest BCUT2D eigenvalue weighted by molar-refractivity contribution is 0.372. The van der Waals surface area contributed by atoms with Crippen molar-refractivity contribution >= 4 is 22.6 Å². The summed E-state index contributed by atoms with van der Waals surface area (Å²) in [6.45, 7) is 10.5. The summed E-state index contributed by atoms with van der Waals surface area (Å²) in [5.41, 5.74) is 2.63. The summed E-state index contributed by atoms with van der Waals surface area (Å²) in [5, 5.41) is 4.51. The molecule has 2 aromatic rings. The lowest BCUT2D eigenvalue weighted by Gasteiger charge is -2.36. The lowest BCUT2D eigenvalue weighted by Crippen LogP contribution is -2.52. The van der Waals surface area contributed by atoms with E-state index in [9.17, 15) is 0 Å². The van der Waals surface area contributed by atoms with Gasteiger partial charge in [0, 0.05) is 57.2 Å². The molecular weight excluding hydrogens is 382 g/mol. The van der Waals surface area contributed by atoms with Crippen LogP contribution in [0.5, 0.6) is 0 Å². The molecule has 2 heterocycles. The molecule has 29 heavy (non-hydrogen) atoms. The third-order valence-corrected chi connectivity index (χ3v) is 5.78. The average molecular weight is 416 g/mol. The maximum Gasteiger partial charge on any atom is 0.205 e. The van der Waals surface area contributed by atoms with Crippen molar-refractivity contribution in [3.05, 3.63) is 41.2 Å². The van der Waals surface area contributed by atoms with Crippen LogP contribution in [0, 0.1) is 0 Å². The number of hydrogen-bond acceptors (Lipinski definition) is 6. The van der Waals surface area contributed by atoms with Crippen LogP contribution in [-0.2, 0) is 19.5 Å². The van der Waals surface area contributed by atoms with Gasteiger partial charge in [0.15, 0.2) is 5.96 Å². The highest BCUT2D eigenvalue weighted by Crippen LogP contribution is 2.19. The molecule has 3 rings (SSSR count). The topological polar surface area (TPSA) is 59.9 Å². The van der Waals surface area contributed by atoms with Crippen LogP contribution < -0.4 is 10.2 Å². The molecule has 1 aromatic heterocycles. The summed E-state index contributed by atoms with van der Waals surface area (Å²) in [5.74, 6) is 1.94. The SMILES string of the molecule is CCNC(=NCc1ccccc1CN(C)C)N1CCN(c2nc(CC)ns2)CC1. The molecule has 8 heteroatoms. The number of aromatic nitrogens is 2. The number of nitrogens with one attached hydrogen (secondary N) is 1. The van der Waals surface area contributed by atoms with Crippen molar-refractivity contribution in [2.45, 2.75) is 33.4 Å². The van der Waals surface area contributed by atoms with Gasteiger partial charge in [-0.15, -0.1) is 0 Å². The highest BCUT2D eigenvalue weighted by molar-refractivity contribution is 7.09. The Morgan fingerprint density at radius 3 is 2.48 bits per heavy atom. The van der Waals surface area contributed by atoms with Crippen molar-refractivity contribution in [3.8, 4) is 0 Å². The Balaban J connectivity index is 1.64. The Hall–Kier alpha value is -2.19. The Kier molecular flexibility index (Phi) is 7.83. The van der Waals surface area contributed by atoms with Crippen LogP contribution in [0.3, 0.4) is 0 Å². The molecule has 158 valence electrons. The predicted molar refractivity (Wildman–Crippen MR) is 122 cm³/mol. The second kappa shape index (κ2) is 10.5. The first-order valence-corrected chi connectivity index (χ1v) is 11.2. The van der Waals surface area contributed by atoms with Gasteiger partial charge in [-0.1, -0.05) is 31.2 Å². The van der Waals surface area contributed by atoms with Gasteiger partial charge in [0.1, 0.15) is 5.82 Å². The van der Waals surface area contributed by atoms with Crippen LogP contribution >= 0.6 is 11.5 Å². The van der Waals surface area contributed by atoms with E-state index in [1.807, 2.05) is 0 Å². The van der Waals surface area contributed by atoms with Crippen LogP contribution in [-0.4, -0.2) is 71.9 Å². The van der Waals surface area contributed by atoms with E-state index in [0.29, 0.717) is 6.54 Å². The fourth-order valence-electron chi connectivity index (χ4n) is 3.42. The van der Waals surface area contributed by atoms with Crippen molar-refractivity contribution in [3.63, 3.8) is 0 Å². The minimum Gasteiger partial charge on any atom is -0.357 e. The fraction of sp³-hybridized carbons (Fsp3) is 0.571. The number of piperazine rings is 1. The summed E-state index contributed by atoms with van der Waals surface area (Å²) in [6.07, 6.45) is 0.892. The van der Waals surface area contributed by atoms with Gasteiger partial charge in [-0.2, -0.15) is 4.37 Å². The molecular formula is C21H33N7S. The van der Waals surface area contributed by atoms with E-state index in [0.717, 1.165) is 62.6 Å². The first-order valence-electron chi connectivity index (χ1n) is 10.4. The molecule has 1 aliphatic rings. The second-order valence-electron chi connectivity index (χ2n) is 7.50. The smallest absolute Gasteiger partial charge is 0.205 e. The molecule has 1 saturated heterocycles. The van der Waals surface area contributed by atoms with E-state index < -0.39 is 0 Å². The number of rotatable bonds is 7. The molecule has 0 spiro atoms. The van der Waals surface area contributed by atoms with E-state index in [2.05, 4.69) is 81.6 Å². The summed E-state index contributed by atoms with van der Waals surface area (Å²) in [7, 11) is 4.20. The van der Waals surface area contributed by atoms with Crippen molar-refractivity contribution in [2.24, 2.45) is 4.99 Å². The monoisotopic (exact) mass is 415 g/mol. The van der Waals surface area contributed by atoms with Gasteiger partial charge in [0.2, 0.25) is 5.13 Å². The fourth-order valence-corrected chi connectivity index (χ4v) is 4.22. The van der Waals surface area contributed by atoms with E-state index in [1.165, 1.54) is 22.7 Å². The number of nitrogens with zero attached hydrogens (tertiary/aromatic N) is 6. The molecule has 7 nitrogen and oxygen atoms in total. The highest BCUT2D eigenvalue weighted by atomic mass is 32.1. The van der Waals surface area contributed by atoms with Gasteiger partial charge in [0.05, 0.1) is 6.54 Å². The zero-order valence-electron chi connectivity index (χ0n) is 18.1. The quantitative estimate of drug-likeness (QED) is 0.554. The number of aliphatic imine (C=N–C) groups is 1. The molecule has 1 aliphatic heterocycles. The molecule has 0 unspecified atom stereocenters. The summed E-state index contributed by atoms with van der Waals surface area (Å²) >= 11 is 1.51. The van der Waals surface area contributed by atoms with Crippen molar-refractivity contribution < 1.29 is 0 Å². The minimum atomic E-state index is 0.697. The van der Waals surface area contributed by atoms with Gasteiger partial charge < -0.3 is 20.0 Å². The molecule has 0 atom stereocenters. The maximum atomic E-state index is 4.96. The van der Waals surface area contributed by atoms with Gasteiger partial charge in [-0.3, -0.25) is 0 Å². The van der Waals surface area contributed by atoms with Crippen molar-refractivity contribution in [1.82, 2.24) is 24.5 Å². The molecule has 1 N–H and O–H groups in total. The third kappa shape index (κ3) is 5.90. The normalized spacial score (nSPS) is 15.3. The average Bonchev–Trinajstić information content (AvgIpc) is 3.21. The second-order valence-corrected chi connectivity index (χ2v) is 8.23. The van der Waals surface area contributed by atoms with Crippen LogP contribution in [0.25, 0.3) is 0 Å². The van der Waals surface area contributed by atoms with Gasteiger partial charge >= 0.3 is 0 Å². The zero-order valence-corrected chi connectivity index (χ0v) is 18.9. The molecule has 0 bridgehead atoms. The summed E-state index contributed by atoms with van der Waals surface area (Å²) in [4.78, 5) is 16.5. The molecule has 1 aromatic carbocycles. The first-order chi connectivity index (χ1) is 14.1. The number of aryl methyl sites for hydroxylation is 1. The van der Waals surface area contributed by atoms with E-state index in [4.69, 9.17) is 4.99 Å². The van der Waals surface area contributed by atoms with Crippen LogP contribution in [0.1, 0.15) is 30.8 Å². The van der Waals surface area contributed by atoms with Crippen LogP contribution in [0.4, 0.5) is 5.13 Å². The first kappa shape index (κ1) is 21.5. The third-order valence-electron chi connectivity index (χ3n) is 4.96. The van der Waals surface area contributed by atoms with Crippen molar-refractivity contribution in [2.75, 3.05) is 51.7 Å². The largest absolute Gasteiger partial charge is 0.357 e. The Labute approximate surface area is 178 Å². The molecule has 1 fully saturated rings. The zero-order chi connectivity index (χ0) is 20.6. The molecule has 0 saturated carbocycles. The van der Waals surface area contributed by atoms with Gasteiger partial charge in [-0.05, 0) is 32.1 Å². The Bertz CT molecular complexity index is 794. The van der Waals surface area contributed by atoms with Gasteiger partial charge in [-0.25, -0.2) is 9.98 Å². The van der Waals surface area contributed by atoms with Gasteiger partial charge in [0.25, 0.3) is 0 Å². The van der Waals surface area contributed by atoms with Crippen LogP contribution in [0.15, 0.2) is 29.3 Å². The standard InChI is InChI=1S/C21H33N7S/c1-5-19-24-21(29-25-19)28-13-11-27(12-14-28)20(22-6-2)23-15-17-9-7-8-10-18(17)16-26(3)4/h7-10H,5-6,11-16H2,1-4H3,(H,22,23). The van der Waals surface area contributed by atoms with Crippen molar-refractivity contribution in [1.29, 1.82) is 0 Å². The molecule has 0 amide bonds. The number of benzene rings is 1. The number of hydrogen-bond donors (Lipinski definition) is 1. The summed E-state index contributed by atoms with van der Waals surface area (Å²) < 4.78 is 4.42. The number of anilines is 1. The maximum absolute atomic E-state index is 4.96. The Morgan fingerprint density at radius 1 is 1.14 bits per heavy atom. The minimum absolute atomic E-state index is 0.697. The van der Waals surface area contributed by atoms with E-state index >= 15 is 0 Å². The summed E-state index contributed by atoms with van der Waals surface area (Å²) in [6, 6.07) is 8.59. The highest BCUT2D eigenvalue weighted by Gasteiger charge is 2.22. The van der Waals surface area contributed by atoms with Crippen LogP contribution in [0.2, 0.25) is 0 Å². The lowest BCUT2D eigenvalue weighted by atomic mass is 10.1. The van der Waals surface area contributed by atoms with E-state index in [-0.39, 0.29) is 0 Å².